The van der Waals surface area contributed by atoms with E-state index >= 15 is 0 Å². The molecule has 0 spiro atoms. The van der Waals surface area contributed by atoms with Gasteiger partial charge in [0.05, 0.1) is 12.9 Å². The van der Waals surface area contributed by atoms with Crippen LogP contribution in [0.25, 0.3) is 0 Å². The SMILES string of the molecule is NC/C(=C/F)Cn1ncn(CCc2cccs2)c1=O. The summed E-state index contributed by atoms with van der Waals surface area (Å²) in [5.41, 5.74) is 5.45. The molecule has 5 nitrogen and oxygen atoms in total. The molecule has 0 aromatic carbocycles. The van der Waals surface area contributed by atoms with Crippen LogP contribution >= 0.6 is 11.3 Å². The van der Waals surface area contributed by atoms with Crippen LogP contribution in [0.3, 0.4) is 0 Å². The molecule has 0 fully saturated rings. The van der Waals surface area contributed by atoms with Crippen molar-refractivity contribution < 1.29 is 4.39 Å². The smallest absolute Gasteiger partial charge is 0.327 e. The first kappa shape index (κ1) is 13.7. The van der Waals surface area contributed by atoms with Gasteiger partial charge in [0.2, 0.25) is 0 Å². The second kappa shape index (κ2) is 6.44. The number of rotatable bonds is 6. The van der Waals surface area contributed by atoms with Gasteiger partial charge in [0, 0.05) is 18.0 Å². The molecule has 0 unspecified atom stereocenters. The van der Waals surface area contributed by atoms with Crippen LogP contribution in [0.15, 0.2) is 40.5 Å². The summed E-state index contributed by atoms with van der Waals surface area (Å²) in [5, 5.41) is 5.96. The van der Waals surface area contributed by atoms with Gasteiger partial charge in [0.25, 0.3) is 0 Å². The van der Waals surface area contributed by atoms with Gasteiger partial charge < -0.3 is 5.73 Å². The number of halogens is 1. The molecule has 102 valence electrons. The summed E-state index contributed by atoms with van der Waals surface area (Å²) in [6.07, 6.45) is 2.69. The monoisotopic (exact) mass is 282 g/mol. The van der Waals surface area contributed by atoms with Gasteiger partial charge >= 0.3 is 5.69 Å². The Labute approximate surface area is 113 Å². The van der Waals surface area contributed by atoms with Crippen LogP contribution in [0.1, 0.15) is 4.88 Å². The van der Waals surface area contributed by atoms with Gasteiger partial charge in [0.1, 0.15) is 6.33 Å². The normalized spacial score (nSPS) is 12.0. The maximum atomic E-state index is 12.4. The van der Waals surface area contributed by atoms with E-state index in [2.05, 4.69) is 5.10 Å². The molecule has 0 radical (unpaired) electrons. The van der Waals surface area contributed by atoms with E-state index in [1.54, 1.807) is 11.3 Å². The molecule has 0 saturated carbocycles. The highest BCUT2D eigenvalue weighted by atomic mass is 32.1. The Morgan fingerprint density at radius 1 is 1.58 bits per heavy atom. The van der Waals surface area contributed by atoms with E-state index in [-0.39, 0.29) is 18.8 Å². The first-order valence-electron chi connectivity index (χ1n) is 5.87. The molecular formula is C12H15FN4OS. The molecule has 0 bridgehead atoms. The Morgan fingerprint density at radius 3 is 3.05 bits per heavy atom. The van der Waals surface area contributed by atoms with Crippen molar-refractivity contribution in [3.8, 4) is 0 Å². The summed E-state index contributed by atoms with van der Waals surface area (Å²) < 4.78 is 15.2. The van der Waals surface area contributed by atoms with E-state index in [0.29, 0.717) is 18.4 Å². The third-order valence-corrected chi connectivity index (χ3v) is 3.68. The quantitative estimate of drug-likeness (QED) is 0.864. The Bertz CT molecular complexity index is 600. The van der Waals surface area contributed by atoms with Crippen molar-refractivity contribution in [3.63, 3.8) is 0 Å². The highest BCUT2D eigenvalue weighted by molar-refractivity contribution is 7.09. The number of nitrogens with zero attached hydrogens (tertiary/aromatic N) is 3. The van der Waals surface area contributed by atoms with E-state index in [1.807, 2.05) is 17.5 Å². The summed E-state index contributed by atoms with van der Waals surface area (Å²) in [7, 11) is 0. The first-order chi connectivity index (χ1) is 9.24. The lowest BCUT2D eigenvalue weighted by Crippen LogP contribution is -2.27. The van der Waals surface area contributed by atoms with Gasteiger partial charge in [-0.1, -0.05) is 6.07 Å². The molecule has 7 heteroatoms. The number of nitrogens with two attached hydrogens (primary N) is 1. The van der Waals surface area contributed by atoms with E-state index in [4.69, 9.17) is 5.73 Å². The maximum Gasteiger partial charge on any atom is 0.346 e. The highest BCUT2D eigenvalue weighted by Gasteiger charge is 2.07. The highest BCUT2D eigenvalue weighted by Crippen LogP contribution is 2.09. The van der Waals surface area contributed by atoms with E-state index in [0.717, 1.165) is 6.42 Å². The number of hydrogen-bond acceptors (Lipinski definition) is 4. The van der Waals surface area contributed by atoms with Gasteiger partial charge in [-0.2, -0.15) is 5.10 Å². The Hall–Kier alpha value is -1.73. The molecule has 2 aromatic heterocycles. The third kappa shape index (κ3) is 3.39. The fraction of sp³-hybridized carbons (Fsp3) is 0.333. The van der Waals surface area contributed by atoms with Crippen molar-refractivity contribution >= 4 is 11.3 Å². The fourth-order valence-corrected chi connectivity index (χ4v) is 2.35. The van der Waals surface area contributed by atoms with Crippen LogP contribution < -0.4 is 11.4 Å². The summed E-state index contributed by atoms with van der Waals surface area (Å²) >= 11 is 1.65. The fourth-order valence-electron chi connectivity index (χ4n) is 1.65. The lowest BCUT2D eigenvalue weighted by atomic mass is 10.3. The van der Waals surface area contributed by atoms with Crippen molar-refractivity contribution in [3.05, 3.63) is 51.1 Å². The van der Waals surface area contributed by atoms with E-state index in [1.165, 1.54) is 20.5 Å². The molecule has 2 N–H and O–H groups in total. The first-order valence-corrected chi connectivity index (χ1v) is 6.75. The molecule has 0 aliphatic carbocycles. The number of thiophene rings is 1. The predicted octanol–water partition coefficient (Wildman–Crippen LogP) is 1.16. The Morgan fingerprint density at radius 2 is 2.42 bits per heavy atom. The molecule has 2 rings (SSSR count). The second-order valence-electron chi connectivity index (χ2n) is 4.07. The molecule has 0 saturated heterocycles. The van der Waals surface area contributed by atoms with Crippen LogP contribution in [0.2, 0.25) is 0 Å². The van der Waals surface area contributed by atoms with Gasteiger partial charge in [-0.15, -0.1) is 11.3 Å². The third-order valence-electron chi connectivity index (χ3n) is 2.75. The van der Waals surface area contributed by atoms with Gasteiger partial charge in [-0.3, -0.25) is 4.57 Å². The largest absolute Gasteiger partial charge is 0.346 e. The van der Waals surface area contributed by atoms with E-state index in [9.17, 15) is 9.18 Å². The zero-order chi connectivity index (χ0) is 13.7. The number of hydrogen-bond donors (Lipinski definition) is 1. The molecule has 0 aliphatic rings. The van der Waals surface area contributed by atoms with Crippen LogP contribution in [0.5, 0.6) is 0 Å². The van der Waals surface area contributed by atoms with Crippen LogP contribution in [-0.2, 0) is 19.5 Å². The molecular weight excluding hydrogens is 267 g/mol. The Balaban J connectivity index is 2.04. The molecule has 0 atom stereocenters. The summed E-state index contributed by atoms with van der Waals surface area (Å²) in [6, 6.07) is 4.00. The molecule has 19 heavy (non-hydrogen) atoms. The molecule has 2 aromatic rings. The zero-order valence-electron chi connectivity index (χ0n) is 10.3. The zero-order valence-corrected chi connectivity index (χ0v) is 11.1. The predicted molar refractivity (Wildman–Crippen MR) is 72.8 cm³/mol. The minimum Gasteiger partial charge on any atom is -0.327 e. The van der Waals surface area contributed by atoms with Crippen LogP contribution in [-0.4, -0.2) is 20.9 Å². The van der Waals surface area contributed by atoms with Crippen molar-refractivity contribution in [1.82, 2.24) is 14.3 Å². The van der Waals surface area contributed by atoms with Gasteiger partial charge in [-0.05, 0) is 23.4 Å². The second-order valence-corrected chi connectivity index (χ2v) is 5.10. The van der Waals surface area contributed by atoms with Crippen molar-refractivity contribution in [1.29, 1.82) is 0 Å². The standard InChI is InChI=1S/C12H15FN4OS/c13-6-10(7-14)8-17-12(18)16(9-15-17)4-3-11-2-1-5-19-11/h1-2,5-6,9H,3-4,7-8,14H2/b10-6-. The summed E-state index contributed by atoms with van der Waals surface area (Å²) in [6.45, 7) is 0.736. The molecule has 0 aliphatic heterocycles. The number of aryl methyl sites for hydroxylation is 2. The molecule has 2 heterocycles. The van der Waals surface area contributed by atoms with Crippen LogP contribution in [0, 0.1) is 0 Å². The van der Waals surface area contributed by atoms with Crippen molar-refractivity contribution in [2.75, 3.05) is 6.54 Å². The van der Waals surface area contributed by atoms with Gasteiger partial charge in [0.15, 0.2) is 0 Å². The van der Waals surface area contributed by atoms with Crippen molar-refractivity contribution in [2.45, 2.75) is 19.5 Å². The summed E-state index contributed by atoms with van der Waals surface area (Å²) in [4.78, 5) is 13.2. The minimum atomic E-state index is -0.246. The topological polar surface area (TPSA) is 65.8 Å². The molecule has 0 amide bonds. The number of aromatic nitrogens is 3. The maximum absolute atomic E-state index is 12.4. The van der Waals surface area contributed by atoms with Gasteiger partial charge in [-0.25, -0.2) is 13.9 Å². The average Bonchev–Trinajstić information content (AvgIpc) is 3.05. The minimum absolute atomic E-state index is 0.0744. The summed E-state index contributed by atoms with van der Waals surface area (Å²) in [5.74, 6) is 0. The Kier molecular flexibility index (Phi) is 4.64. The van der Waals surface area contributed by atoms with Crippen molar-refractivity contribution in [2.24, 2.45) is 5.73 Å². The lowest BCUT2D eigenvalue weighted by molar-refractivity contribution is 0.594. The lowest BCUT2D eigenvalue weighted by Gasteiger charge is -2.01. The van der Waals surface area contributed by atoms with Crippen LogP contribution in [0.4, 0.5) is 4.39 Å². The average molecular weight is 282 g/mol. The van der Waals surface area contributed by atoms with E-state index < -0.39 is 0 Å².